The van der Waals surface area contributed by atoms with Crippen LogP contribution in [0.25, 0.3) is 33.6 Å². The summed E-state index contributed by atoms with van der Waals surface area (Å²) >= 11 is 0. The Kier molecular flexibility index (Phi) is 4.36. The second-order valence-electron chi connectivity index (χ2n) is 7.17. The Morgan fingerprint density at radius 3 is 2.28 bits per heavy atom. The van der Waals surface area contributed by atoms with E-state index in [0.29, 0.717) is 6.61 Å². The molecule has 0 unspecified atom stereocenters. The van der Waals surface area contributed by atoms with Crippen molar-refractivity contribution in [2.24, 2.45) is 0 Å². The predicted molar refractivity (Wildman–Crippen MR) is 117 cm³/mol. The topological polar surface area (TPSA) is 23.4 Å². The first-order valence-corrected chi connectivity index (χ1v) is 9.99. The van der Waals surface area contributed by atoms with E-state index in [4.69, 9.17) is 9.47 Å². The van der Waals surface area contributed by atoms with Gasteiger partial charge in [-0.1, -0.05) is 42.5 Å². The van der Waals surface area contributed by atoms with Crippen LogP contribution in [0.2, 0.25) is 0 Å². The highest BCUT2D eigenvalue weighted by molar-refractivity contribution is 5.92. The maximum absolute atomic E-state index is 6.16. The number of fused-ring (bicyclic) bond motifs is 3. The summed E-state index contributed by atoms with van der Waals surface area (Å²) in [5, 5.41) is 0. The summed E-state index contributed by atoms with van der Waals surface area (Å²) in [7, 11) is 1.70. The monoisotopic (exact) mass is 381 g/mol. The molecule has 0 amide bonds. The molecule has 0 saturated heterocycles. The second-order valence-corrected chi connectivity index (χ2v) is 7.17. The summed E-state index contributed by atoms with van der Waals surface area (Å²) in [5.41, 5.74) is 8.55. The SMILES string of the molecule is CCn1c2c(c(-c3ccccc3)c1-c1ccc(OC)cc1)COc1ccccc1-2. The normalized spacial score (nSPS) is 12.1. The van der Waals surface area contributed by atoms with Gasteiger partial charge in [0.15, 0.2) is 0 Å². The molecular weight excluding hydrogens is 358 g/mol. The van der Waals surface area contributed by atoms with Crippen LogP contribution in [0.3, 0.4) is 0 Å². The maximum atomic E-state index is 6.16. The van der Waals surface area contributed by atoms with Crippen LogP contribution in [0, 0.1) is 0 Å². The zero-order valence-corrected chi connectivity index (χ0v) is 16.7. The molecule has 3 aromatic carbocycles. The third-order valence-corrected chi connectivity index (χ3v) is 5.62. The van der Waals surface area contributed by atoms with Crippen LogP contribution >= 0.6 is 0 Å². The van der Waals surface area contributed by atoms with E-state index in [0.717, 1.165) is 23.6 Å². The summed E-state index contributed by atoms with van der Waals surface area (Å²) in [5.74, 6) is 1.82. The molecule has 3 nitrogen and oxygen atoms in total. The highest BCUT2D eigenvalue weighted by atomic mass is 16.5. The van der Waals surface area contributed by atoms with Crippen LogP contribution in [0.5, 0.6) is 11.5 Å². The maximum Gasteiger partial charge on any atom is 0.129 e. The molecule has 1 aliphatic heterocycles. The zero-order chi connectivity index (χ0) is 19.8. The van der Waals surface area contributed by atoms with Crippen molar-refractivity contribution in [3.05, 3.63) is 84.4 Å². The van der Waals surface area contributed by atoms with Crippen LogP contribution < -0.4 is 9.47 Å². The number of methoxy groups -OCH3 is 1. The average molecular weight is 381 g/mol. The van der Waals surface area contributed by atoms with E-state index in [1.54, 1.807) is 7.11 Å². The lowest BCUT2D eigenvalue weighted by Gasteiger charge is -2.20. The van der Waals surface area contributed by atoms with Gasteiger partial charge in [0.1, 0.15) is 18.1 Å². The fraction of sp³-hybridized carbons (Fsp3) is 0.154. The number of aromatic nitrogens is 1. The third kappa shape index (κ3) is 2.82. The highest BCUT2D eigenvalue weighted by Gasteiger charge is 2.29. The van der Waals surface area contributed by atoms with Crippen LogP contribution in [0.1, 0.15) is 12.5 Å². The fourth-order valence-corrected chi connectivity index (χ4v) is 4.34. The van der Waals surface area contributed by atoms with Gasteiger partial charge in [0.05, 0.1) is 18.5 Å². The van der Waals surface area contributed by atoms with Crippen molar-refractivity contribution in [1.29, 1.82) is 0 Å². The van der Waals surface area contributed by atoms with E-state index in [-0.39, 0.29) is 0 Å². The van der Waals surface area contributed by atoms with Gasteiger partial charge in [-0.2, -0.15) is 0 Å². The first-order chi connectivity index (χ1) is 14.3. The molecule has 144 valence electrons. The number of benzene rings is 3. The minimum atomic E-state index is 0.576. The van der Waals surface area contributed by atoms with Crippen molar-refractivity contribution in [2.75, 3.05) is 7.11 Å². The summed E-state index contributed by atoms with van der Waals surface area (Å²) in [4.78, 5) is 0. The van der Waals surface area contributed by atoms with Gasteiger partial charge in [0.25, 0.3) is 0 Å². The number of ether oxygens (including phenoxy) is 2. The Hall–Kier alpha value is -3.46. The summed E-state index contributed by atoms with van der Waals surface area (Å²) in [6, 6.07) is 27.3. The van der Waals surface area contributed by atoms with Crippen molar-refractivity contribution in [3.8, 4) is 45.1 Å². The van der Waals surface area contributed by atoms with Gasteiger partial charge in [-0.3, -0.25) is 0 Å². The minimum Gasteiger partial charge on any atom is -0.497 e. The highest BCUT2D eigenvalue weighted by Crippen LogP contribution is 2.48. The molecule has 5 rings (SSSR count). The van der Waals surface area contributed by atoms with Crippen molar-refractivity contribution in [3.63, 3.8) is 0 Å². The Balaban J connectivity index is 1.85. The molecule has 3 heteroatoms. The lowest BCUT2D eigenvalue weighted by Crippen LogP contribution is -2.08. The number of rotatable bonds is 4. The second kappa shape index (κ2) is 7.17. The number of nitrogens with zero attached hydrogens (tertiary/aromatic N) is 1. The Morgan fingerprint density at radius 1 is 0.828 bits per heavy atom. The molecule has 0 fully saturated rings. The predicted octanol–water partition coefficient (Wildman–Crippen LogP) is 6.41. The first kappa shape index (κ1) is 17.6. The van der Waals surface area contributed by atoms with Crippen LogP contribution in [0.15, 0.2) is 78.9 Å². The van der Waals surface area contributed by atoms with Crippen molar-refractivity contribution < 1.29 is 9.47 Å². The van der Waals surface area contributed by atoms with Gasteiger partial charge >= 0.3 is 0 Å². The van der Waals surface area contributed by atoms with Crippen LogP contribution in [0.4, 0.5) is 0 Å². The number of hydrogen-bond acceptors (Lipinski definition) is 2. The molecule has 29 heavy (non-hydrogen) atoms. The third-order valence-electron chi connectivity index (χ3n) is 5.62. The van der Waals surface area contributed by atoms with E-state index in [2.05, 4.69) is 72.2 Å². The number of para-hydroxylation sites is 1. The molecule has 0 saturated carbocycles. The molecule has 1 aliphatic rings. The van der Waals surface area contributed by atoms with Crippen molar-refractivity contribution in [2.45, 2.75) is 20.1 Å². The molecule has 0 N–H and O–H groups in total. The van der Waals surface area contributed by atoms with Gasteiger partial charge in [0, 0.05) is 23.2 Å². The quantitative estimate of drug-likeness (QED) is 0.408. The molecule has 0 radical (unpaired) electrons. The molecule has 0 spiro atoms. The molecule has 4 aromatic rings. The Labute approximate surface area is 171 Å². The summed E-state index contributed by atoms with van der Waals surface area (Å²) in [6.45, 7) is 3.66. The molecule has 2 heterocycles. The van der Waals surface area contributed by atoms with Crippen molar-refractivity contribution in [1.82, 2.24) is 4.57 Å². The average Bonchev–Trinajstić information content (AvgIpc) is 3.14. The van der Waals surface area contributed by atoms with Crippen LogP contribution in [-0.4, -0.2) is 11.7 Å². The molecule has 0 bridgehead atoms. The van der Waals surface area contributed by atoms with Gasteiger partial charge in [-0.15, -0.1) is 0 Å². The minimum absolute atomic E-state index is 0.576. The molecular formula is C26H23NO2. The Morgan fingerprint density at radius 2 is 1.55 bits per heavy atom. The van der Waals surface area contributed by atoms with E-state index in [1.807, 2.05) is 18.2 Å². The van der Waals surface area contributed by atoms with Crippen LogP contribution in [-0.2, 0) is 13.2 Å². The summed E-state index contributed by atoms with van der Waals surface area (Å²) < 4.78 is 14.0. The molecule has 0 atom stereocenters. The Bertz CT molecular complexity index is 1160. The van der Waals surface area contributed by atoms with Gasteiger partial charge in [0.2, 0.25) is 0 Å². The standard InChI is InChI=1S/C26H23NO2/c1-3-27-25(19-13-15-20(28-2)16-14-19)24(18-9-5-4-6-10-18)22-17-29-23-12-8-7-11-21(23)26(22)27/h4-16H,3,17H2,1-2H3. The largest absolute Gasteiger partial charge is 0.497 e. The zero-order valence-electron chi connectivity index (χ0n) is 16.7. The number of hydrogen-bond donors (Lipinski definition) is 0. The van der Waals surface area contributed by atoms with E-state index >= 15 is 0 Å². The lowest BCUT2D eigenvalue weighted by atomic mass is 9.95. The van der Waals surface area contributed by atoms with Crippen molar-refractivity contribution >= 4 is 0 Å². The fourth-order valence-electron chi connectivity index (χ4n) is 4.34. The smallest absolute Gasteiger partial charge is 0.129 e. The lowest BCUT2D eigenvalue weighted by molar-refractivity contribution is 0.302. The van der Waals surface area contributed by atoms with Gasteiger partial charge in [-0.05, 0) is 54.4 Å². The first-order valence-electron chi connectivity index (χ1n) is 9.99. The van der Waals surface area contributed by atoms with Gasteiger partial charge in [-0.25, -0.2) is 0 Å². The van der Waals surface area contributed by atoms with Gasteiger partial charge < -0.3 is 14.0 Å². The van der Waals surface area contributed by atoms with E-state index in [9.17, 15) is 0 Å². The molecule has 1 aromatic heterocycles. The van der Waals surface area contributed by atoms with E-state index in [1.165, 1.54) is 33.6 Å². The molecule has 0 aliphatic carbocycles. The summed E-state index contributed by atoms with van der Waals surface area (Å²) in [6.07, 6.45) is 0. The van der Waals surface area contributed by atoms with E-state index < -0.39 is 0 Å².